The smallest absolute Gasteiger partial charge is 0.340 e. The average molecular weight is 383 g/mol. The number of thiophene rings is 1. The van der Waals surface area contributed by atoms with E-state index in [1.54, 1.807) is 22.5 Å². The Labute approximate surface area is 158 Å². The highest BCUT2D eigenvalue weighted by atomic mass is 32.1. The van der Waals surface area contributed by atoms with Gasteiger partial charge in [0.2, 0.25) is 5.91 Å². The lowest BCUT2D eigenvalue weighted by molar-refractivity contribution is -0.123. The number of hydrogen-bond donors (Lipinski definition) is 2. The van der Waals surface area contributed by atoms with Crippen molar-refractivity contribution in [3.8, 4) is 0 Å². The van der Waals surface area contributed by atoms with Gasteiger partial charge in [-0.15, -0.1) is 11.3 Å². The van der Waals surface area contributed by atoms with Gasteiger partial charge >= 0.3 is 5.97 Å². The first-order valence-corrected chi connectivity index (χ1v) is 9.28. The fourth-order valence-electron chi connectivity index (χ4n) is 3.12. The number of amides is 2. The number of hydrogen-bond acceptors (Lipinski definition) is 5. The molecule has 3 heterocycles. The van der Waals surface area contributed by atoms with Crippen LogP contribution in [0.2, 0.25) is 0 Å². The summed E-state index contributed by atoms with van der Waals surface area (Å²) in [5, 5.41) is 5.82. The minimum Gasteiger partial charge on any atom is -0.465 e. The minimum atomic E-state index is -0.490. The van der Waals surface area contributed by atoms with E-state index >= 15 is 0 Å². The molecule has 0 radical (unpaired) electrons. The number of ether oxygens (including phenoxy) is 1. The fourth-order valence-corrected chi connectivity index (χ4v) is 3.90. The Kier molecular flexibility index (Phi) is 4.41. The Bertz CT molecular complexity index is 1030. The SMILES string of the molecule is COC(=O)c1ccsc1NC(=O)C1CN(C(=O)c2c[nH]c3ccccc23)C1. The van der Waals surface area contributed by atoms with Gasteiger partial charge in [-0.05, 0) is 17.5 Å². The van der Waals surface area contributed by atoms with Crippen LogP contribution < -0.4 is 5.32 Å². The third kappa shape index (κ3) is 3.08. The molecule has 1 aromatic carbocycles. The van der Waals surface area contributed by atoms with Crippen LogP contribution in [-0.4, -0.2) is 47.9 Å². The van der Waals surface area contributed by atoms with Crippen LogP contribution in [0.15, 0.2) is 41.9 Å². The molecule has 1 fully saturated rings. The van der Waals surface area contributed by atoms with E-state index in [-0.39, 0.29) is 17.7 Å². The van der Waals surface area contributed by atoms with Gasteiger partial charge in [0.1, 0.15) is 5.00 Å². The van der Waals surface area contributed by atoms with Gasteiger partial charge in [0, 0.05) is 30.2 Å². The predicted octanol–water partition coefficient (Wildman–Crippen LogP) is 2.73. The van der Waals surface area contributed by atoms with Gasteiger partial charge in [0.05, 0.1) is 24.2 Å². The van der Waals surface area contributed by atoms with Crippen LogP contribution in [0.3, 0.4) is 0 Å². The van der Waals surface area contributed by atoms with E-state index in [2.05, 4.69) is 10.3 Å². The van der Waals surface area contributed by atoms with Crippen LogP contribution in [0.1, 0.15) is 20.7 Å². The van der Waals surface area contributed by atoms with Crippen molar-refractivity contribution in [3.05, 3.63) is 53.0 Å². The highest BCUT2D eigenvalue weighted by Crippen LogP contribution is 2.27. The molecule has 2 N–H and O–H groups in total. The lowest BCUT2D eigenvalue weighted by atomic mass is 9.97. The van der Waals surface area contributed by atoms with Crippen molar-refractivity contribution in [2.45, 2.75) is 0 Å². The van der Waals surface area contributed by atoms with Gasteiger partial charge < -0.3 is 19.9 Å². The zero-order valence-corrected chi connectivity index (χ0v) is 15.3. The van der Waals surface area contributed by atoms with Crippen molar-refractivity contribution in [3.63, 3.8) is 0 Å². The largest absolute Gasteiger partial charge is 0.465 e. The molecule has 7 nitrogen and oxygen atoms in total. The molecule has 2 aromatic heterocycles. The van der Waals surface area contributed by atoms with Crippen LogP contribution >= 0.6 is 11.3 Å². The summed E-state index contributed by atoms with van der Waals surface area (Å²) in [6.07, 6.45) is 1.70. The molecule has 3 aromatic rings. The van der Waals surface area contributed by atoms with Crippen LogP contribution in [-0.2, 0) is 9.53 Å². The number of nitrogens with one attached hydrogen (secondary N) is 2. The van der Waals surface area contributed by atoms with E-state index in [4.69, 9.17) is 4.74 Å². The monoisotopic (exact) mass is 383 g/mol. The van der Waals surface area contributed by atoms with Gasteiger partial charge in [0.15, 0.2) is 0 Å². The first kappa shape index (κ1) is 17.3. The Morgan fingerprint density at radius 1 is 1.19 bits per heavy atom. The zero-order chi connectivity index (χ0) is 19.0. The molecule has 0 atom stereocenters. The molecule has 1 saturated heterocycles. The van der Waals surface area contributed by atoms with E-state index < -0.39 is 5.97 Å². The topological polar surface area (TPSA) is 91.5 Å². The molecule has 0 bridgehead atoms. The maximum Gasteiger partial charge on any atom is 0.340 e. The number of para-hydroxylation sites is 1. The number of esters is 1. The van der Waals surface area contributed by atoms with Crippen molar-refractivity contribution >= 4 is 45.0 Å². The summed E-state index contributed by atoms with van der Waals surface area (Å²) >= 11 is 1.26. The number of benzene rings is 1. The third-order valence-corrected chi connectivity index (χ3v) is 5.50. The number of nitrogens with zero attached hydrogens (tertiary/aromatic N) is 1. The van der Waals surface area contributed by atoms with Crippen molar-refractivity contribution < 1.29 is 19.1 Å². The molecule has 0 unspecified atom stereocenters. The molecule has 4 rings (SSSR count). The lowest BCUT2D eigenvalue weighted by Crippen LogP contribution is -2.54. The second-order valence-electron chi connectivity index (χ2n) is 6.30. The summed E-state index contributed by atoms with van der Waals surface area (Å²) in [6.45, 7) is 0.701. The molecule has 0 spiro atoms. The average Bonchev–Trinajstić information content (AvgIpc) is 3.26. The predicted molar refractivity (Wildman–Crippen MR) is 102 cm³/mol. The molecule has 8 heteroatoms. The van der Waals surface area contributed by atoms with E-state index in [1.807, 2.05) is 24.3 Å². The van der Waals surface area contributed by atoms with Crippen molar-refractivity contribution in [2.24, 2.45) is 5.92 Å². The summed E-state index contributed by atoms with van der Waals surface area (Å²) in [5.74, 6) is -1.09. The first-order valence-electron chi connectivity index (χ1n) is 8.40. The summed E-state index contributed by atoms with van der Waals surface area (Å²) in [4.78, 5) is 41.5. The van der Waals surface area contributed by atoms with E-state index in [1.165, 1.54) is 18.4 Å². The van der Waals surface area contributed by atoms with Crippen LogP contribution in [0.4, 0.5) is 5.00 Å². The van der Waals surface area contributed by atoms with Gasteiger partial charge in [-0.2, -0.15) is 0 Å². The molecule has 0 saturated carbocycles. The number of carbonyl (C=O) groups excluding carboxylic acids is 3. The van der Waals surface area contributed by atoms with Gasteiger partial charge in [-0.25, -0.2) is 4.79 Å². The number of anilines is 1. The quantitative estimate of drug-likeness (QED) is 0.678. The number of likely N-dealkylation sites (tertiary alicyclic amines) is 1. The number of aromatic nitrogens is 1. The Hall–Kier alpha value is -3.13. The molecule has 1 aliphatic rings. The van der Waals surface area contributed by atoms with Crippen molar-refractivity contribution in [1.82, 2.24) is 9.88 Å². The number of rotatable bonds is 4. The Balaban J connectivity index is 1.39. The molecular formula is C19H17N3O4S. The highest BCUT2D eigenvalue weighted by molar-refractivity contribution is 7.14. The molecule has 0 aliphatic carbocycles. The van der Waals surface area contributed by atoms with Gasteiger partial charge in [-0.1, -0.05) is 18.2 Å². The van der Waals surface area contributed by atoms with Crippen LogP contribution in [0.5, 0.6) is 0 Å². The standard InChI is InChI=1S/C19H17N3O4S/c1-26-19(25)13-6-7-27-17(13)21-16(23)11-9-22(10-11)18(24)14-8-20-15-5-3-2-4-12(14)15/h2-8,11,20H,9-10H2,1H3,(H,21,23). The van der Waals surface area contributed by atoms with Crippen molar-refractivity contribution in [1.29, 1.82) is 0 Å². The number of methoxy groups -OCH3 is 1. The summed E-state index contributed by atoms with van der Waals surface area (Å²) in [7, 11) is 1.30. The second-order valence-corrected chi connectivity index (χ2v) is 7.22. The van der Waals surface area contributed by atoms with E-state index in [0.29, 0.717) is 29.2 Å². The summed E-state index contributed by atoms with van der Waals surface area (Å²) in [5.41, 5.74) is 1.85. The molecule has 1 aliphatic heterocycles. The molecule has 27 heavy (non-hydrogen) atoms. The highest BCUT2D eigenvalue weighted by Gasteiger charge is 2.37. The maximum atomic E-state index is 12.7. The van der Waals surface area contributed by atoms with Crippen LogP contribution in [0, 0.1) is 5.92 Å². The van der Waals surface area contributed by atoms with E-state index in [0.717, 1.165) is 10.9 Å². The number of aromatic amines is 1. The Morgan fingerprint density at radius 2 is 1.96 bits per heavy atom. The summed E-state index contributed by atoms with van der Waals surface area (Å²) in [6, 6.07) is 9.22. The number of H-pyrrole nitrogens is 1. The van der Waals surface area contributed by atoms with E-state index in [9.17, 15) is 14.4 Å². The maximum absolute atomic E-state index is 12.7. The number of carbonyl (C=O) groups is 3. The Morgan fingerprint density at radius 3 is 2.74 bits per heavy atom. The third-order valence-electron chi connectivity index (χ3n) is 4.67. The lowest BCUT2D eigenvalue weighted by Gasteiger charge is -2.38. The zero-order valence-electron chi connectivity index (χ0n) is 14.5. The van der Waals surface area contributed by atoms with Crippen molar-refractivity contribution in [2.75, 3.05) is 25.5 Å². The minimum absolute atomic E-state index is 0.0946. The van der Waals surface area contributed by atoms with Gasteiger partial charge in [-0.3, -0.25) is 9.59 Å². The van der Waals surface area contributed by atoms with Crippen LogP contribution in [0.25, 0.3) is 10.9 Å². The van der Waals surface area contributed by atoms with Gasteiger partial charge in [0.25, 0.3) is 5.91 Å². The fraction of sp³-hybridized carbons (Fsp3) is 0.211. The first-order chi connectivity index (χ1) is 13.1. The molecular weight excluding hydrogens is 366 g/mol. The normalized spacial score (nSPS) is 14.0. The summed E-state index contributed by atoms with van der Waals surface area (Å²) < 4.78 is 4.70. The second kappa shape index (κ2) is 6.88. The molecule has 138 valence electrons. The molecule has 2 amide bonds. The number of fused-ring (bicyclic) bond motifs is 1.